The number of nitriles is 1. The van der Waals surface area contributed by atoms with E-state index in [9.17, 15) is 19.8 Å². The summed E-state index contributed by atoms with van der Waals surface area (Å²) in [5, 5.41) is 23.8. The molecule has 35 heavy (non-hydrogen) atoms. The highest BCUT2D eigenvalue weighted by molar-refractivity contribution is 7.99. The van der Waals surface area contributed by atoms with Gasteiger partial charge in [-0.2, -0.15) is 5.26 Å². The Balaban J connectivity index is 1.80. The first-order valence-electron chi connectivity index (χ1n) is 10.5. The highest BCUT2D eigenvalue weighted by atomic mass is 32.2. The number of halogens is 1. The first kappa shape index (κ1) is 22.2. The third kappa shape index (κ3) is 4.21. The number of aromatic nitrogens is 2. The molecule has 5 aromatic rings. The van der Waals surface area contributed by atoms with Gasteiger partial charge in [0.05, 0.1) is 16.2 Å². The summed E-state index contributed by atoms with van der Waals surface area (Å²) in [5.74, 6) is -0.487. The molecule has 0 N–H and O–H groups in total. The number of nitro groups is 1. The van der Waals surface area contributed by atoms with E-state index in [1.54, 1.807) is 24.3 Å². The minimum Gasteiger partial charge on any atom is -0.258 e. The summed E-state index contributed by atoms with van der Waals surface area (Å²) in [6.07, 6.45) is 1.44. The van der Waals surface area contributed by atoms with Gasteiger partial charge >= 0.3 is 5.69 Å². The molecule has 5 rings (SSSR count). The third-order valence-corrected chi connectivity index (χ3v) is 6.47. The quantitative estimate of drug-likeness (QED) is 0.199. The maximum Gasteiger partial charge on any atom is 0.301 e. The van der Waals surface area contributed by atoms with Crippen molar-refractivity contribution in [2.24, 2.45) is 0 Å². The third-order valence-electron chi connectivity index (χ3n) is 5.47. The molecule has 2 aromatic heterocycles. The Kier molecular flexibility index (Phi) is 5.92. The second-order valence-corrected chi connectivity index (χ2v) is 8.52. The molecular weight excluding hydrogens is 463 g/mol. The van der Waals surface area contributed by atoms with E-state index < -0.39 is 10.7 Å². The summed E-state index contributed by atoms with van der Waals surface area (Å²) < 4.78 is 14.9. The Morgan fingerprint density at radius 3 is 2.43 bits per heavy atom. The molecule has 0 aliphatic carbocycles. The van der Waals surface area contributed by atoms with Gasteiger partial charge in [0.25, 0.3) is 0 Å². The Morgan fingerprint density at radius 2 is 1.63 bits per heavy atom. The number of pyridine rings is 2. The van der Waals surface area contributed by atoms with Gasteiger partial charge in [-0.05, 0) is 40.7 Å². The van der Waals surface area contributed by atoms with E-state index in [1.165, 1.54) is 24.4 Å². The standard InChI is InChI=1S/C27H15FN4O2S/c28-23-12-4-3-10-19(23)21-15-24(20-11-5-8-17-7-1-2-9-18(17)20)31-26(22(21)16-29)35-27-25(32(33)34)13-6-14-30-27/h1-15H. The molecule has 168 valence electrons. The predicted molar refractivity (Wildman–Crippen MR) is 132 cm³/mol. The minimum absolute atomic E-state index is 0.0936. The van der Waals surface area contributed by atoms with Gasteiger partial charge in [-0.25, -0.2) is 14.4 Å². The Hall–Kier alpha value is -4.61. The number of fused-ring (bicyclic) bond motifs is 1. The summed E-state index contributed by atoms with van der Waals surface area (Å²) in [6.45, 7) is 0. The van der Waals surface area contributed by atoms with E-state index in [4.69, 9.17) is 4.98 Å². The largest absolute Gasteiger partial charge is 0.301 e. The SMILES string of the molecule is N#Cc1c(-c2ccccc2F)cc(-c2cccc3ccccc23)nc1Sc1ncccc1[N+](=O)[O-]. The van der Waals surface area contributed by atoms with Crippen LogP contribution in [0.4, 0.5) is 10.1 Å². The molecule has 0 spiro atoms. The van der Waals surface area contributed by atoms with Gasteiger partial charge in [-0.3, -0.25) is 10.1 Å². The van der Waals surface area contributed by atoms with Gasteiger partial charge < -0.3 is 0 Å². The van der Waals surface area contributed by atoms with Crippen molar-refractivity contribution in [3.05, 3.63) is 113 Å². The van der Waals surface area contributed by atoms with Crippen LogP contribution < -0.4 is 0 Å². The molecular formula is C27H15FN4O2S. The van der Waals surface area contributed by atoms with Crippen LogP contribution in [0.5, 0.6) is 0 Å². The predicted octanol–water partition coefficient (Wildman–Crippen LogP) is 7.03. The number of hydrogen-bond donors (Lipinski definition) is 0. The Morgan fingerprint density at radius 1 is 0.886 bits per heavy atom. The van der Waals surface area contributed by atoms with E-state index in [0.29, 0.717) is 11.3 Å². The normalized spacial score (nSPS) is 10.7. The lowest BCUT2D eigenvalue weighted by atomic mass is 9.96. The van der Waals surface area contributed by atoms with Crippen molar-refractivity contribution in [3.63, 3.8) is 0 Å². The second-order valence-electron chi connectivity index (χ2n) is 7.54. The Labute approximate surface area is 203 Å². The number of nitrogens with zero attached hydrogens (tertiary/aromatic N) is 4. The smallest absolute Gasteiger partial charge is 0.258 e. The molecule has 0 radical (unpaired) electrons. The van der Waals surface area contributed by atoms with Gasteiger partial charge in [0.1, 0.15) is 16.9 Å². The van der Waals surface area contributed by atoms with Crippen LogP contribution in [0.2, 0.25) is 0 Å². The van der Waals surface area contributed by atoms with Crippen LogP contribution in [0.15, 0.2) is 101 Å². The summed E-state index contributed by atoms with van der Waals surface area (Å²) in [6, 6.07) is 26.4. The van der Waals surface area contributed by atoms with Crippen molar-refractivity contribution in [3.8, 4) is 28.5 Å². The van der Waals surface area contributed by atoms with Crippen LogP contribution in [-0.4, -0.2) is 14.9 Å². The summed E-state index contributed by atoms with van der Waals surface area (Å²) in [7, 11) is 0. The van der Waals surface area contributed by atoms with Crippen LogP contribution in [0, 0.1) is 27.3 Å². The van der Waals surface area contributed by atoms with Crippen LogP contribution in [-0.2, 0) is 0 Å². The van der Waals surface area contributed by atoms with Crippen LogP contribution in [0.3, 0.4) is 0 Å². The van der Waals surface area contributed by atoms with Gasteiger partial charge in [0.2, 0.25) is 0 Å². The van der Waals surface area contributed by atoms with Gasteiger partial charge in [-0.1, -0.05) is 60.7 Å². The lowest BCUT2D eigenvalue weighted by Crippen LogP contribution is -1.99. The molecule has 2 heterocycles. The molecule has 0 fully saturated rings. The zero-order valence-corrected chi connectivity index (χ0v) is 18.9. The molecule has 0 bridgehead atoms. The van der Waals surface area contributed by atoms with Crippen molar-refractivity contribution < 1.29 is 9.31 Å². The fourth-order valence-corrected chi connectivity index (χ4v) is 4.82. The van der Waals surface area contributed by atoms with Crippen LogP contribution in [0.25, 0.3) is 33.2 Å². The molecule has 0 unspecified atom stereocenters. The number of hydrogen-bond acceptors (Lipinski definition) is 6. The van der Waals surface area contributed by atoms with Crippen molar-refractivity contribution >= 4 is 28.2 Å². The maximum atomic E-state index is 14.9. The molecule has 3 aromatic carbocycles. The maximum absolute atomic E-state index is 14.9. The van der Waals surface area contributed by atoms with Crippen molar-refractivity contribution in [1.29, 1.82) is 5.26 Å². The van der Waals surface area contributed by atoms with Crippen LogP contribution in [0.1, 0.15) is 5.56 Å². The topological polar surface area (TPSA) is 92.7 Å². The van der Waals surface area contributed by atoms with Gasteiger partial charge in [0.15, 0.2) is 5.03 Å². The Bertz CT molecular complexity index is 1640. The molecule has 8 heteroatoms. The summed E-state index contributed by atoms with van der Waals surface area (Å²) >= 11 is 0.914. The zero-order chi connectivity index (χ0) is 24.4. The molecule has 0 aliphatic rings. The number of benzene rings is 3. The van der Waals surface area contributed by atoms with Crippen molar-refractivity contribution in [2.75, 3.05) is 0 Å². The van der Waals surface area contributed by atoms with E-state index in [-0.39, 0.29) is 26.9 Å². The first-order valence-corrected chi connectivity index (χ1v) is 11.3. The molecule has 0 amide bonds. The van der Waals surface area contributed by atoms with Gasteiger partial charge in [0, 0.05) is 29.0 Å². The minimum atomic E-state index is -0.534. The first-order chi connectivity index (χ1) is 17.1. The highest BCUT2D eigenvalue weighted by Gasteiger charge is 2.23. The fraction of sp³-hybridized carbons (Fsp3) is 0. The highest BCUT2D eigenvalue weighted by Crippen LogP contribution is 2.40. The average Bonchev–Trinajstić information content (AvgIpc) is 2.88. The van der Waals surface area contributed by atoms with E-state index in [2.05, 4.69) is 11.1 Å². The summed E-state index contributed by atoms with van der Waals surface area (Å²) in [4.78, 5) is 19.9. The average molecular weight is 479 g/mol. The molecule has 0 saturated carbocycles. The number of rotatable bonds is 5. The van der Waals surface area contributed by atoms with Crippen LogP contribution >= 0.6 is 11.8 Å². The fourth-order valence-electron chi connectivity index (χ4n) is 3.87. The monoisotopic (exact) mass is 478 g/mol. The zero-order valence-electron chi connectivity index (χ0n) is 18.1. The van der Waals surface area contributed by atoms with Crippen molar-refractivity contribution in [2.45, 2.75) is 10.1 Å². The van der Waals surface area contributed by atoms with E-state index in [1.807, 2.05) is 42.5 Å². The molecule has 0 saturated heterocycles. The summed E-state index contributed by atoms with van der Waals surface area (Å²) in [5.41, 5.74) is 1.81. The molecule has 0 atom stereocenters. The van der Waals surface area contributed by atoms with E-state index >= 15 is 0 Å². The molecule has 0 aliphatic heterocycles. The molecule has 6 nitrogen and oxygen atoms in total. The lowest BCUT2D eigenvalue weighted by Gasteiger charge is -2.14. The van der Waals surface area contributed by atoms with E-state index in [0.717, 1.165) is 28.1 Å². The van der Waals surface area contributed by atoms with Gasteiger partial charge in [-0.15, -0.1) is 0 Å². The lowest BCUT2D eigenvalue weighted by molar-refractivity contribution is -0.388. The van der Waals surface area contributed by atoms with Crippen molar-refractivity contribution in [1.82, 2.24) is 9.97 Å². The second kappa shape index (κ2) is 9.33.